The van der Waals surface area contributed by atoms with E-state index in [2.05, 4.69) is 63.9 Å². The SMILES string of the molecule is Cc1cc(Nc2ncc(Cl)c(Nc3cn(C)nc3S(=O)(=O)C(C)C)n2)c(C(C)C)cc1C1CCNCC1. The summed E-state index contributed by atoms with van der Waals surface area (Å²) in [6.07, 6.45) is 5.38. The summed E-state index contributed by atoms with van der Waals surface area (Å²) in [6.45, 7) is 11.9. The molecule has 0 atom stereocenters. The van der Waals surface area contributed by atoms with Crippen molar-refractivity contribution in [2.45, 2.75) is 69.6 Å². The number of benzene rings is 1. The quantitative estimate of drug-likeness (QED) is 0.343. The highest BCUT2D eigenvalue weighted by atomic mass is 35.5. The van der Waals surface area contributed by atoms with Crippen molar-refractivity contribution < 1.29 is 8.42 Å². The van der Waals surface area contributed by atoms with Gasteiger partial charge in [0.15, 0.2) is 5.82 Å². The third-order valence-corrected chi connectivity index (χ3v) is 9.13. The number of sulfone groups is 1. The molecule has 2 aromatic heterocycles. The maximum absolute atomic E-state index is 12.8. The average Bonchev–Trinajstić information content (AvgIpc) is 3.22. The van der Waals surface area contributed by atoms with Gasteiger partial charge in [0.2, 0.25) is 20.8 Å². The second-order valence-corrected chi connectivity index (χ2v) is 13.1. The summed E-state index contributed by atoms with van der Waals surface area (Å²) in [7, 11) is -1.94. The zero-order valence-corrected chi connectivity index (χ0v) is 23.8. The van der Waals surface area contributed by atoms with Crippen LogP contribution in [0, 0.1) is 6.92 Å². The number of piperidine rings is 1. The molecule has 0 radical (unpaired) electrons. The molecule has 0 bridgehead atoms. The van der Waals surface area contributed by atoms with E-state index in [1.165, 1.54) is 27.6 Å². The van der Waals surface area contributed by atoms with Gasteiger partial charge in [0.05, 0.1) is 17.1 Å². The molecule has 0 saturated carbocycles. The van der Waals surface area contributed by atoms with Crippen LogP contribution in [0.3, 0.4) is 0 Å². The molecule has 3 aromatic rings. The van der Waals surface area contributed by atoms with Crippen molar-refractivity contribution in [2.24, 2.45) is 7.05 Å². The van der Waals surface area contributed by atoms with Crippen LogP contribution in [0.1, 0.15) is 69.1 Å². The molecule has 0 amide bonds. The van der Waals surface area contributed by atoms with Crippen LogP contribution in [0.25, 0.3) is 0 Å². The second-order valence-electron chi connectivity index (χ2n) is 10.2. The maximum Gasteiger partial charge on any atom is 0.229 e. The standard InChI is InChI=1S/C26H36ClN7O2S/c1-15(2)19-12-20(18-7-9-28-10-8-18)17(5)11-22(19)31-26-29-13-21(27)24(32-26)30-23-14-34(6)33-25(23)37(35,36)16(3)4/h11-16,18,28H,7-10H2,1-6H3,(H2,29,30,31,32). The second kappa shape index (κ2) is 11.0. The Morgan fingerprint density at radius 3 is 2.46 bits per heavy atom. The number of halogens is 1. The fourth-order valence-corrected chi connectivity index (χ4v) is 5.89. The smallest absolute Gasteiger partial charge is 0.229 e. The van der Waals surface area contributed by atoms with Crippen LogP contribution in [0.4, 0.5) is 23.1 Å². The monoisotopic (exact) mass is 545 g/mol. The van der Waals surface area contributed by atoms with E-state index in [0.717, 1.165) is 31.6 Å². The van der Waals surface area contributed by atoms with Gasteiger partial charge < -0.3 is 16.0 Å². The number of rotatable bonds is 8. The van der Waals surface area contributed by atoms with E-state index in [9.17, 15) is 8.42 Å². The number of nitrogens with one attached hydrogen (secondary N) is 3. The molecule has 3 heterocycles. The lowest BCUT2D eigenvalue weighted by Gasteiger charge is -2.26. The Balaban J connectivity index is 1.66. The van der Waals surface area contributed by atoms with E-state index < -0.39 is 15.1 Å². The van der Waals surface area contributed by atoms with Crippen molar-refractivity contribution in [3.05, 3.63) is 46.2 Å². The molecular formula is C26H36ClN7O2S. The third-order valence-electron chi connectivity index (χ3n) is 6.77. The summed E-state index contributed by atoms with van der Waals surface area (Å²) < 4.78 is 27.1. The number of aromatic nitrogens is 4. The van der Waals surface area contributed by atoms with Gasteiger partial charge in [-0.3, -0.25) is 4.68 Å². The van der Waals surface area contributed by atoms with Gasteiger partial charge in [-0.2, -0.15) is 10.1 Å². The predicted octanol–water partition coefficient (Wildman–Crippen LogP) is 5.43. The minimum Gasteiger partial charge on any atom is -0.335 e. The normalized spacial score (nSPS) is 14.9. The molecule has 1 aliphatic rings. The summed E-state index contributed by atoms with van der Waals surface area (Å²) in [4.78, 5) is 8.96. The van der Waals surface area contributed by atoms with E-state index >= 15 is 0 Å². The highest BCUT2D eigenvalue weighted by Gasteiger charge is 2.27. The Labute approximate surface area is 224 Å². The van der Waals surface area contributed by atoms with E-state index in [4.69, 9.17) is 11.6 Å². The van der Waals surface area contributed by atoms with Gasteiger partial charge in [0.25, 0.3) is 0 Å². The number of hydrogen-bond donors (Lipinski definition) is 3. The molecule has 1 aromatic carbocycles. The topological polar surface area (TPSA) is 114 Å². The first-order valence-corrected chi connectivity index (χ1v) is 14.6. The van der Waals surface area contributed by atoms with Crippen LogP contribution in [0.15, 0.2) is 29.6 Å². The predicted molar refractivity (Wildman–Crippen MR) is 149 cm³/mol. The molecule has 0 unspecified atom stereocenters. The Morgan fingerprint density at radius 2 is 1.81 bits per heavy atom. The Morgan fingerprint density at radius 1 is 1.11 bits per heavy atom. The number of hydrogen-bond acceptors (Lipinski definition) is 8. The fraction of sp³-hybridized carbons (Fsp3) is 0.500. The third kappa shape index (κ3) is 5.91. The van der Waals surface area contributed by atoms with Gasteiger partial charge >= 0.3 is 0 Å². The number of nitrogens with zero attached hydrogens (tertiary/aromatic N) is 4. The molecule has 4 rings (SSSR count). The minimum absolute atomic E-state index is 0.0413. The van der Waals surface area contributed by atoms with Gasteiger partial charge in [-0.05, 0) is 81.3 Å². The van der Waals surface area contributed by atoms with Crippen LogP contribution < -0.4 is 16.0 Å². The van der Waals surface area contributed by atoms with Crippen molar-refractivity contribution >= 4 is 44.6 Å². The maximum atomic E-state index is 12.8. The first-order valence-electron chi connectivity index (χ1n) is 12.7. The number of aryl methyl sites for hydroxylation is 2. The zero-order chi connectivity index (χ0) is 26.9. The highest BCUT2D eigenvalue weighted by Crippen LogP contribution is 2.36. The van der Waals surface area contributed by atoms with Gasteiger partial charge in [0, 0.05) is 18.9 Å². The van der Waals surface area contributed by atoms with E-state index in [1.807, 2.05) is 0 Å². The molecule has 9 nitrogen and oxygen atoms in total. The molecule has 1 aliphatic heterocycles. The Bertz CT molecular complexity index is 1380. The van der Waals surface area contributed by atoms with Gasteiger partial charge in [-0.15, -0.1) is 0 Å². The number of anilines is 4. The molecule has 1 fully saturated rings. The van der Waals surface area contributed by atoms with Gasteiger partial charge in [0.1, 0.15) is 5.02 Å². The summed E-state index contributed by atoms with van der Waals surface area (Å²) in [5, 5.41) is 13.7. The van der Waals surface area contributed by atoms with Crippen LogP contribution in [-0.2, 0) is 16.9 Å². The van der Waals surface area contributed by atoms with Crippen molar-refractivity contribution in [3.8, 4) is 0 Å². The Kier molecular flexibility index (Phi) is 8.11. The lowest BCUT2D eigenvalue weighted by Crippen LogP contribution is -2.27. The molecule has 11 heteroatoms. The molecule has 3 N–H and O–H groups in total. The van der Waals surface area contributed by atoms with Crippen molar-refractivity contribution in [3.63, 3.8) is 0 Å². The largest absolute Gasteiger partial charge is 0.335 e. The van der Waals surface area contributed by atoms with E-state index in [0.29, 0.717) is 29.3 Å². The lowest BCUT2D eigenvalue weighted by molar-refractivity contribution is 0.459. The van der Waals surface area contributed by atoms with E-state index in [-0.39, 0.29) is 10.0 Å². The molecule has 0 aliphatic carbocycles. The van der Waals surface area contributed by atoms with Gasteiger partial charge in [-0.25, -0.2) is 13.4 Å². The highest BCUT2D eigenvalue weighted by molar-refractivity contribution is 7.92. The van der Waals surface area contributed by atoms with Crippen LogP contribution in [-0.4, -0.2) is 46.5 Å². The molecule has 1 saturated heterocycles. The summed E-state index contributed by atoms with van der Waals surface area (Å²) >= 11 is 6.40. The Hall–Kier alpha value is -2.69. The molecule has 200 valence electrons. The van der Waals surface area contributed by atoms with Gasteiger partial charge in [-0.1, -0.05) is 31.5 Å². The average molecular weight is 546 g/mol. The van der Waals surface area contributed by atoms with Crippen molar-refractivity contribution in [1.82, 2.24) is 25.1 Å². The van der Waals surface area contributed by atoms with Crippen molar-refractivity contribution in [2.75, 3.05) is 23.7 Å². The summed E-state index contributed by atoms with van der Waals surface area (Å²) in [6, 6.07) is 4.50. The molecule has 0 spiro atoms. The fourth-order valence-electron chi connectivity index (χ4n) is 4.65. The van der Waals surface area contributed by atoms with Crippen LogP contribution >= 0.6 is 11.6 Å². The van der Waals surface area contributed by atoms with Crippen LogP contribution in [0.2, 0.25) is 5.02 Å². The van der Waals surface area contributed by atoms with E-state index in [1.54, 1.807) is 27.1 Å². The molecule has 37 heavy (non-hydrogen) atoms. The zero-order valence-electron chi connectivity index (χ0n) is 22.3. The lowest BCUT2D eigenvalue weighted by atomic mass is 9.84. The first kappa shape index (κ1) is 27.3. The minimum atomic E-state index is -3.61. The molecular weight excluding hydrogens is 510 g/mol. The van der Waals surface area contributed by atoms with Crippen molar-refractivity contribution in [1.29, 1.82) is 0 Å². The summed E-state index contributed by atoms with van der Waals surface area (Å²) in [5.74, 6) is 1.51. The summed E-state index contributed by atoms with van der Waals surface area (Å²) in [5.41, 5.74) is 5.11. The first-order chi connectivity index (χ1) is 17.5. The van der Waals surface area contributed by atoms with Crippen LogP contribution in [0.5, 0.6) is 0 Å².